The minimum Gasteiger partial charge on any atom is -0.365 e. The zero-order chi connectivity index (χ0) is 14.4. The maximum absolute atomic E-state index is 6.16. The van der Waals surface area contributed by atoms with E-state index in [0.29, 0.717) is 10.9 Å². The molecule has 0 saturated heterocycles. The van der Waals surface area contributed by atoms with Gasteiger partial charge in [-0.3, -0.25) is 0 Å². The van der Waals surface area contributed by atoms with Gasteiger partial charge < -0.3 is 5.32 Å². The SMILES string of the molecule is Cc1c(Cl)nc2ncnn2c1NCc1cc2c(s1)CCC2. The smallest absolute Gasteiger partial charge is 0.255 e. The number of anilines is 1. The van der Waals surface area contributed by atoms with Crippen LogP contribution in [0.1, 0.15) is 27.3 Å². The Morgan fingerprint density at radius 3 is 3.19 bits per heavy atom. The van der Waals surface area contributed by atoms with Crippen molar-refractivity contribution in [1.82, 2.24) is 19.6 Å². The van der Waals surface area contributed by atoms with Gasteiger partial charge in [-0.25, -0.2) is 0 Å². The molecule has 0 aromatic carbocycles. The summed E-state index contributed by atoms with van der Waals surface area (Å²) in [6, 6.07) is 2.32. The molecule has 0 aliphatic heterocycles. The molecule has 3 aromatic rings. The van der Waals surface area contributed by atoms with Crippen molar-refractivity contribution >= 4 is 34.5 Å². The van der Waals surface area contributed by atoms with E-state index < -0.39 is 0 Å². The van der Waals surface area contributed by atoms with Crippen LogP contribution in [0.15, 0.2) is 12.4 Å². The average molecular weight is 320 g/mol. The van der Waals surface area contributed by atoms with Crippen LogP contribution < -0.4 is 5.32 Å². The van der Waals surface area contributed by atoms with Gasteiger partial charge in [0.15, 0.2) is 0 Å². The number of aryl methyl sites for hydroxylation is 2. The van der Waals surface area contributed by atoms with Crippen molar-refractivity contribution < 1.29 is 0 Å². The Labute approximate surface area is 131 Å². The molecule has 0 radical (unpaired) electrons. The van der Waals surface area contributed by atoms with Crippen LogP contribution in [0.2, 0.25) is 5.15 Å². The second-order valence-electron chi connectivity index (χ2n) is 5.22. The third kappa shape index (κ3) is 2.18. The minimum atomic E-state index is 0.465. The van der Waals surface area contributed by atoms with Crippen molar-refractivity contribution in [3.05, 3.63) is 38.4 Å². The zero-order valence-electron chi connectivity index (χ0n) is 11.6. The summed E-state index contributed by atoms with van der Waals surface area (Å²) in [4.78, 5) is 11.2. The van der Waals surface area contributed by atoms with E-state index in [9.17, 15) is 0 Å². The average Bonchev–Trinajstić information content (AvgIpc) is 3.13. The Bertz CT molecular complexity index is 801. The number of hydrogen-bond donors (Lipinski definition) is 1. The van der Waals surface area contributed by atoms with E-state index in [1.165, 1.54) is 36.0 Å². The highest BCUT2D eigenvalue weighted by Crippen LogP contribution is 2.31. The molecule has 0 spiro atoms. The van der Waals surface area contributed by atoms with Crippen molar-refractivity contribution in [2.75, 3.05) is 5.32 Å². The molecule has 0 bridgehead atoms. The minimum absolute atomic E-state index is 0.465. The fraction of sp³-hybridized carbons (Fsp3) is 0.357. The van der Waals surface area contributed by atoms with E-state index in [-0.39, 0.29) is 0 Å². The van der Waals surface area contributed by atoms with E-state index in [1.807, 2.05) is 18.3 Å². The Morgan fingerprint density at radius 2 is 2.33 bits per heavy atom. The monoisotopic (exact) mass is 319 g/mol. The molecule has 4 rings (SSSR count). The number of rotatable bonds is 3. The summed E-state index contributed by atoms with van der Waals surface area (Å²) in [5.41, 5.74) is 2.41. The summed E-state index contributed by atoms with van der Waals surface area (Å²) in [6.45, 7) is 2.71. The molecule has 108 valence electrons. The predicted octanol–water partition coefficient (Wildman–Crippen LogP) is 3.25. The van der Waals surface area contributed by atoms with Crippen LogP contribution in [0.25, 0.3) is 5.78 Å². The van der Waals surface area contributed by atoms with Gasteiger partial charge in [0.05, 0.1) is 6.54 Å². The third-order valence-electron chi connectivity index (χ3n) is 3.83. The highest BCUT2D eigenvalue weighted by Gasteiger charge is 2.16. The van der Waals surface area contributed by atoms with Crippen molar-refractivity contribution in [2.24, 2.45) is 0 Å². The highest BCUT2D eigenvalue weighted by molar-refractivity contribution is 7.12. The van der Waals surface area contributed by atoms with E-state index in [1.54, 1.807) is 9.39 Å². The first-order chi connectivity index (χ1) is 10.2. The first kappa shape index (κ1) is 13.0. The van der Waals surface area contributed by atoms with Crippen LogP contribution in [0, 0.1) is 6.92 Å². The number of thiophene rings is 1. The molecule has 1 aliphatic rings. The van der Waals surface area contributed by atoms with Gasteiger partial charge in [0.1, 0.15) is 17.3 Å². The van der Waals surface area contributed by atoms with Crippen molar-refractivity contribution in [1.29, 1.82) is 0 Å². The lowest BCUT2D eigenvalue weighted by Gasteiger charge is -2.10. The van der Waals surface area contributed by atoms with Gasteiger partial charge in [0.25, 0.3) is 5.78 Å². The van der Waals surface area contributed by atoms with Crippen LogP contribution in [-0.4, -0.2) is 19.6 Å². The lowest BCUT2D eigenvalue weighted by atomic mass is 10.2. The molecule has 3 aromatic heterocycles. The topological polar surface area (TPSA) is 55.1 Å². The van der Waals surface area contributed by atoms with E-state index >= 15 is 0 Å². The van der Waals surface area contributed by atoms with Gasteiger partial charge in [-0.15, -0.1) is 11.3 Å². The largest absolute Gasteiger partial charge is 0.365 e. The summed E-state index contributed by atoms with van der Waals surface area (Å²) < 4.78 is 1.70. The molecule has 0 saturated carbocycles. The van der Waals surface area contributed by atoms with E-state index in [2.05, 4.69) is 26.4 Å². The van der Waals surface area contributed by atoms with Crippen LogP contribution in [0.3, 0.4) is 0 Å². The number of aromatic nitrogens is 4. The normalized spacial score (nSPS) is 13.8. The van der Waals surface area contributed by atoms with Crippen molar-refractivity contribution in [3.8, 4) is 0 Å². The summed E-state index contributed by atoms with van der Waals surface area (Å²) in [5, 5.41) is 8.11. The summed E-state index contributed by atoms with van der Waals surface area (Å²) >= 11 is 8.07. The van der Waals surface area contributed by atoms with Crippen molar-refractivity contribution in [2.45, 2.75) is 32.7 Å². The van der Waals surface area contributed by atoms with Gasteiger partial charge in [-0.1, -0.05) is 11.6 Å². The van der Waals surface area contributed by atoms with Crippen LogP contribution in [-0.2, 0) is 19.4 Å². The first-order valence-corrected chi connectivity index (χ1v) is 8.12. The molecule has 1 aliphatic carbocycles. The molecule has 0 amide bonds. The zero-order valence-corrected chi connectivity index (χ0v) is 13.1. The quantitative estimate of drug-likeness (QED) is 0.753. The van der Waals surface area contributed by atoms with Gasteiger partial charge in [0.2, 0.25) is 0 Å². The summed E-state index contributed by atoms with van der Waals surface area (Å²) in [5.74, 6) is 1.37. The standard InChI is InChI=1S/C14H14ClN5S/c1-8-12(15)19-14-17-7-18-20(14)13(8)16-6-10-5-9-3-2-4-11(9)21-10/h5,7,16H,2-4,6H2,1H3. The molecule has 1 N–H and O–H groups in total. The van der Waals surface area contributed by atoms with Crippen LogP contribution in [0.5, 0.6) is 0 Å². The summed E-state index contributed by atoms with van der Waals surface area (Å²) in [6.07, 6.45) is 5.24. The maximum atomic E-state index is 6.16. The molecule has 0 unspecified atom stereocenters. The third-order valence-corrected chi connectivity index (χ3v) is 5.44. The fourth-order valence-electron chi connectivity index (χ4n) is 2.75. The number of halogens is 1. The Balaban J connectivity index is 1.64. The number of nitrogens with one attached hydrogen (secondary N) is 1. The molecule has 7 heteroatoms. The second kappa shape index (κ2) is 4.96. The Hall–Kier alpha value is -1.66. The summed E-state index contributed by atoms with van der Waals surface area (Å²) in [7, 11) is 0. The number of fused-ring (bicyclic) bond motifs is 2. The lowest BCUT2D eigenvalue weighted by Crippen LogP contribution is -2.08. The van der Waals surface area contributed by atoms with Gasteiger partial charge in [-0.2, -0.15) is 19.6 Å². The van der Waals surface area contributed by atoms with Gasteiger partial charge in [0, 0.05) is 15.3 Å². The molecule has 3 heterocycles. The molecule has 0 fully saturated rings. The predicted molar refractivity (Wildman–Crippen MR) is 84.2 cm³/mol. The molecule has 0 atom stereocenters. The maximum Gasteiger partial charge on any atom is 0.255 e. The fourth-order valence-corrected chi connectivity index (χ4v) is 4.12. The molecular weight excluding hydrogens is 306 g/mol. The van der Waals surface area contributed by atoms with Gasteiger partial charge in [-0.05, 0) is 37.8 Å². The lowest BCUT2D eigenvalue weighted by molar-refractivity contribution is 0.909. The number of hydrogen-bond acceptors (Lipinski definition) is 5. The van der Waals surface area contributed by atoms with E-state index in [4.69, 9.17) is 11.6 Å². The van der Waals surface area contributed by atoms with Gasteiger partial charge >= 0.3 is 0 Å². The molecule has 5 nitrogen and oxygen atoms in total. The number of nitrogens with zero attached hydrogens (tertiary/aromatic N) is 4. The highest BCUT2D eigenvalue weighted by atomic mass is 35.5. The van der Waals surface area contributed by atoms with Crippen LogP contribution >= 0.6 is 22.9 Å². The first-order valence-electron chi connectivity index (χ1n) is 6.92. The van der Waals surface area contributed by atoms with Crippen molar-refractivity contribution in [3.63, 3.8) is 0 Å². The Kier molecular flexibility index (Phi) is 3.08. The Morgan fingerprint density at radius 1 is 1.43 bits per heavy atom. The molecule has 21 heavy (non-hydrogen) atoms. The molecular formula is C14H14ClN5S. The van der Waals surface area contributed by atoms with Crippen LogP contribution in [0.4, 0.5) is 5.82 Å². The second-order valence-corrected chi connectivity index (χ2v) is 6.80. The van der Waals surface area contributed by atoms with E-state index in [0.717, 1.165) is 17.9 Å².